The first-order chi connectivity index (χ1) is 13.0. The molecular formula is C19H28N4O3S. The van der Waals surface area contributed by atoms with E-state index in [2.05, 4.69) is 22.0 Å². The lowest BCUT2D eigenvalue weighted by atomic mass is 10.1. The first kappa shape index (κ1) is 18.9. The molecule has 7 nitrogen and oxygen atoms in total. The van der Waals surface area contributed by atoms with Gasteiger partial charge in [0.1, 0.15) is 11.4 Å². The summed E-state index contributed by atoms with van der Waals surface area (Å²) >= 11 is 0. The van der Waals surface area contributed by atoms with Crippen molar-refractivity contribution in [2.24, 2.45) is 0 Å². The molecule has 0 saturated carbocycles. The minimum absolute atomic E-state index is 0.0977. The summed E-state index contributed by atoms with van der Waals surface area (Å²) in [5, 5.41) is 4.80. The Bertz CT molecular complexity index is 874. The lowest BCUT2D eigenvalue weighted by Gasteiger charge is -2.38. The van der Waals surface area contributed by atoms with Crippen LogP contribution < -0.4 is 0 Å². The maximum atomic E-state index is 13.1. The molecule has 2 fully saturated rings. The highest BCUT2D eigenvalue weighted by atomic mass is 32.2. The van der Waals surface area contributed by atoms with Crippen LogP contribution >= 0.6 is 0 Å². The van der Waals surface area contributed by atoms with Gasteiger partial charge in [-0.05, 0) is 32.0 Å². The molecule has 4 rings (SSSR count). The molecule has 27 heavy (non-hydrogen) atoms. The van der Waals surface area contributed by atoms with Crippen molar-refractivity contribution in [1.82, 2.24) is 19.3 Å². The zero-order chi connectivity index (χ0) is 18.9. The van der Waals surface area contributed by atoms with Gasteiger partial charge in [0.05, 0.1) is 0 Å². The molecule has 2 saturated heterocycles. The lowest BCUT2D eigenvalue weighted by Crippen LogP contribution is -2.52. The number of para-hydroxylation sites is 1. The van der Waals surface area contributed by atoms with Gasteiger partial charge in [-0.3, -0.25) is 4.90 Å². The molecule has 1 aromatic heterocycles. The highest BCUT2D eigenvalue weighted by Gasteiger charge is 2.32. The van der Waals surface area contributed by atoms with Gasteiger partial charge < -0.3 is 9.42 Å². The SMILES string of the molecule is CN1CCN(C2CCCCN(S(=O)(=O)Cc3noc4ccccc34)C2)CC1. The predicted molar refractivity (Wildman–Crippen MR) is 105 cm³/mol. The third-order valence-electron chi connectivity index (χ3n) is 5.83. The van der Waals surface area contributed by atoms with Gasteiger partial charge in [-0.15, -0.1) is 0 Å². The molecule has 1 unspecified atom stereocenters. The molecule has 0 spiro atoms. The lowest BCUT2D eigenvalue weighted by molar-refractivity contribution is 0.100. The highest BCUT2D eigenvalue weighted by Crippen LogP contribution is 2.24. The summed E-state index contributed by atoms with van der Waals surface area (Å²) in [5.41, 5.74) is 1.14. The number of aromatic nitrogens is 1. The molecule has 2 aliphatic rings. The van der Waals surface area contributed by atoms with Crippen molar-refractivity contribution in [3.05, 3.63) is 30.0 Å². The van der Waals surface area contributed by atoms with E-state index >= 15 is 0 Å². The number of hydrogen-bond acceptors (Lipinski definition) is 6. The molecule has 0 N–H and O–H groups in total. The molecule has 0 radical (unpaired) electrons. The number of piperazine rings is 1. The van der Waals surface area contributed by atoms with Crippen molar-refractivity contribution in [2.75, 3.05) is 46.3 Å². The van der Waals surface area contributed by atoms with Crippen molar-refractivity contribution in [2.45, 2.75) is 31.1 Å². The quantitative estimate of drug-likeness (QED) is 0.790. The number of nitrogens with zero attached hydrogens (tertiary/aromatic N) is 4. The summed E-state index contributed by atoms with van der Waals surface area (Å²) in [6.07, 6.45) is 3.07. The third-order valence-corrected chi connectivity index (χ3v) is 7.58. The second-order valence-corrected chi connectivity index (χ2v) is 9.70. The summed E-state index contributed by atoms with van der Waals surface area (Å²) in [6.45, 7) is 5.32. The van der Waals surface area contributed by atoms with E-state index in [0.717, 1.165) is 50.8 Å². The first-order valence-electron chi connectivity index (χ1n) is 9.77. The van der Waals surface area contributed by atoms with E-state index in [1.807, 2.05) is 24.3 Å². The van der Waals surface area contributed by atoms with E-state index < -0.39 is 10.0 Å². The van der Waals surface area contributed by atoms with Crippen LogP contribution in [-0.2, 0) is 15.8 Å². The van der Waals surface area contributed by atoms with E-state index in [-0.39, 0.29) is 5.75 Å². The Morgan fingerprint density at radius 1 is 1.11 bits per heavy atom. The Morgan fingerprint density at radius 2 is 1.89 bits per heavy atom. The van der Waals surface area contributed by atoms with Crippen LogP contribution in [0.25, 0.3) is 11.0 Å². The van der Waals surface area contributed by atoms with Gasteiger partial charge in [-0.25, -0.2) is 12.7 Å². The number of fused-ring (bicyclic) bond motifs is 1. The number of rotatable bonds is 4. The second kappa shape index (κ2) is 7.87. The first-order valence-corrected chi connectivity index (χ1v) is 11.4. The fraction of sp³-hybridized carbons (Fsp3) is 0.632. The van der Waals surface area contributed by atoms with Gasteiger partial charge in [0.15, 0.2) is 5.58 Å². The molecule has 1 aromatic carbocycles. The average Bonchev–Trinajstić information content (AvgIpc) is 2.89. The third kappa shape index (κ3) is 4.18. The molecule has 0 aliphatic carbocycles. The molecule has 8 heteroatoms. The summed E-state index contributed by atoms with van der Waals surface area (Å²) in [4.78, 5) is 4.80. The maximum Gasteiger partial charge on any atom is 0.220 e. The van der Waals surface area contributed by atoms with Gasteiger partial charge in [-0.2, -0.15) is 0 Å². The van der Waals surface area contributed by atoms with Gasteiger partial charge in [0.2, 0.25) is 10.0 Å². The van der Waals surface area contributed by atoms with Crippen LogP contribution in [0.1, 0.15) is 25.0 Å². The number of hydrogen-bond donors (Lipinski definition) is 0. The topological polar surface area (TPSA) is 69.9 Å². The smallest absolute Gasteiger partial charge is 0.220 e. The Kier molecular flexibility index (Phi) is 5.50. The minimum Gasteiger partial charge on any atom is -0.356 e. The summed E-state index contributed by atoms with van der Waals surface area (Å²) in [7, 11) is -1.29. The highest BCUT2D eigenvalue weighted by molar-refractivity contribution is 7.88. The normalized spacial score (nSPS) is 24.3. The van der Waals surface area contributed by atoms with Gasteiger partial charge in [0.25, 0.3) is 0 Å². The fourth-order valence-electron chi connectivity index (χ4n) is 4.13. The van der Waals surface area contributed by atoms with Gasteiger partial charge in [-0.1, -0.05) is 23.7 Å². The van der Waals surface area contributed by atoms with Crippen LogP contribution in [0.4, 0.5) is 0 Å². The van der Waals surface area contributed by atoms with Gasteiger partial charge in [0, 0.05) is 50.7 Å². The van der Waals surface area contributed by atoms with Crippen LogP contribution in [-0.4, -0.2) is 80.0 Å². The standard InChI is InChI=1S/C19H28N4O3S/c1-21-10-12-22(13-11-21)16-6-4-5-9-23(14-16)27(24,25)15-18-17-7-2-3-8-19(17)26-20-18/h2-3,7-8,16H,4-6,9-15H2,1H3. The van der Waals surface area contributed by atoms with Crippen molar-refractivity contribution in [3.63, 3.8) is 0 Å². The van der Waals surface area contributed by atoms with E-state index in [0.29, 0.717) is 30.4 Å². The van der Waals surface area contributed by atoms with Crippen LogP contribution in [0.3, 0.4) is 0 Å². The number of likely N-dealkylation sites (N-methyl/N-ethyl adjacent to an activating group) is 1. The molecule has 0 amide bonds. The van der Waals surface area contributed by atoms with Crippen LogP contribution in [0.2, 0.25) is 0 Å². The summed E-state index contributed by atoms with van der Waals surface area (Å²) < 4.78 is 33.3. The van der Waals surface area contributed by atoms with Crippen molar-refractivity contribution in [1.29, 1.82) is 0 Å². The molecule has 2 aromatic rings. The van der Waals surface area contributed by atoms with Gasteiger partial charge >= 0.3 is 0 Å². The number of sulfonamides is 1. The Labute approximate surface area is 160 Å². The van der Waals surface area contributed by atoms with Crippen LogP contribution in [0, 0.1) is 0 Å². The molecule has 2 aliphatic heterocycles. The molecular weight excluding hydrogens is 364 g/mol. The monoisotopic (exact) mass is 392 g/mol. The second-order valence-electron chi connectivity index (χ2n) is 7.73. The van der Waals surface area contributed by atoms with Crippen LogP contribution in [0.5, 0.6) is 0 Å². The average molecular weight is 393 g/mol. The van der Waals surface area contributed by atoms with Crippen molar-refractivity contribution < 1.29 is 12.9 Å². The maximum absolute atomic E-state index is 13.1. The minimum atomic E-state index is -3.43. The largest absolute Gasteiger partial charge is 0.356 e. The number of benzene rings is 1. The fourth-order valence-corrected chi connectivity index (χ4v) is 5.67. The molecule has 1 atom stereocenters. The van der Waals surface area contributed by atoms with Crippen molar-refractivity contribution >= 4 is 21.0 Å². The van der Waals surface area contributed by atoms with Crippen molar-refractivity contribution in [3.8, 4) is 0 Å². The van der Waals surface area contributed by atoms with E-state index in [1.165, 1.54) is 0 Å². The predicted octanol–water partition coefficient (Wildman–Crippen LogP) is 1.76. The molecule has 148 valence electrons. The Balaban J connectivity index is 1.49. The summed E-state index contributed by atoms with van der Waals surface area (Å²) in [5.74, 6) is -0.0977. The Hall–Kier alpha value is -1.48. The van der Waals surface area contributed by atoms with E-state index in [9.17, 15) is 8.42 Å². The Morgan fingerprint density at radius 3 is 2.70 bits per heavy atom. The van der Waals surface area contributed by atoms with E-state index in [4.69, 9.17) is 4.52 Å². The summed E-state index contributed by atoms with van der Waals surface area (Å²) in [6, 6.07) is 7.73. The molecule has 3 heterocycles. The zero-order valence-electron chi connectivity index (χ0n) is 15.9. The van der Waals surface area contributed by atoms with E-state index in [1.54, 1.807) is 4.31 Å². The van der Waals surface area contributed by atoms with Crippen LogP contribution in [0.15, 0.2) is 28.8 Å². The molecule has 0 bridgehead atoms. The zero-order valence-corrected chi connectivity index (χ0v) is 16.7.